The Balaban J connectivity index is 1.86. The molecule has 1 heterocycles. The maximum absolute atomic E-state index is 13.1. The molecule has 0 saturated heterocycles. The molecule has 0 bridgehead atoms. The first kappa shape index (κ1) is 17.4. The monoisotopic (exact) mass is 343 g/mol. The normalized spacial score (nSPS) is 16.6. The van der Waals surface area contributed by atoms with Gasteiger partial charge in [-0.25, -0.2) is 0 Å². The summed E-state index contributed by atoms with van der Waals surface area (Å²) in [5, 5.41) is 13.6. The van der Waals surface area contributed by atoms with Crippen LogP contribution in [0.25, 0.3) is 11.0 Å². The molecular formula is C18H25N5O2. The summed E-state index contributed by atoms with van der Waals surface area (Å²) in [4.78, 5) is 27.8. The molecule has 7 heteroatoms. The summed E-state index contributed by atoms with van der Waals surface area (Å²) in [6.45, 7) is 5.24. The molecule has 0 radical (unpaired) electrons. The molecule has 25 heavy (non-hydrogen) atoms. The predicted molar refractivity (Wildman–Crippen MR) is 95.1 cm³/mol. The van der Waals surface area contributed by atoms with Crippen molar-refractivity contribution in [2.24, 2.45) is 0 Å². The van der Waals surface area contributed by atoms with E-state index in [0.29, 0.717) is 42.5 Å². The minimum Gasteiger partial charge on any atom is -0.341 e. The summed E-state index contributed by atoms with van der Waals surface area (Å²) >= 11 is 0. The van der Waals surface area contributed by atoms with Gasteiger partial charge in [-0.05, 0) is 44.9 Å². The second kappa shape index (κ2) is 7.21. The predicted octanol–water partition coefficient (Wildman–Crippen LogP) is 2.26. The van der Waals surface area contributed by atoms with Gasteiger partial charge < -0.3 is 10.2 Å². The van der Waals surface area contributed by atoms with Gasteiger partial charge in [0.2, 0.25) is 5.91 Å². The van der Waals surface area contributed by atoms with Crippen molar-refractivity contribution in [2.75, 3.05) is 13.1 Å². The summed E-state index contributed by atoms with van der Waals surface area (Å²) in [6, 6.07) is 5.18. The Morgan fingerprint density at radius 2 is 1.80 bits per heavy atom. The number of carbonyl (C=O) groups is 2. The summed E-state index contributed by atoms with van der Waals surface area (Å²) in [5.41, 5.74) is 1.06. The Bertz CT molecular complexity index is 760. The van der Waals surface area contributed by atoms with Gasteiger partial charge in [-0.1, -0.05) is 19.3 Å². The molecule has 1 saturated carbocycles. The Morgan fingerprint density at radius 3 is 2.48 bits per heavy atom. The quantitative estimate of drug-likeness (QED) is 0.871. The Hall–Kier alpha value is -2.44. The zero-order valence-corrected chi connectivity index (χ0v) is 14.8. The van der Waals surface area contributed by atoms with Crippen molar-refractivity contribution in [2.45, 2.75) is 51.5 Å². The van der Waals surface area contributed by atoms with Crippen LogP contribution in [-0.4, -0.2) is 50.8 Å². The van der Waals surface area contributed by atoms with Crippen LogP contribution in [0.1, 0.15) is 56.3 Å². The zero-order valence-electron chi connectivity index (χ0n) is 14.8. The first-order chi connectivity index (χ1) is 12.1. The number of H-pyrrole nitrogens is 1. The van der Waals surface area contributed by atoms with Crippen LogP contribution in [0.5, 0.6) is 0 Å². The molecule has 3 rings (SSSR count). The first-order valence-electron chi connectivity index (χ1n) is 9.02. The van der Waals surface area contributed by atoms with E-state index in [4.69, 9.17) is 0 Å². The second-order valence-electron chi connectivity index (χ2n) is 6.60. The lowest BCUT2D eigenvalue weighted by Gasteiger charge is -2.40. The highest BCUT2D eigenvalue weighted by atomic mass is 16.2. The standard InChI is InChI=1S/C18H25N5O2/c1-3-23(4-2)17(25)18(10-6-5-7-11-18)19-16(24)13-8-9-14-15(12-13)21-22-20-14/h8-9,12H,3-7,10-11H2,1-2H3,(H,19,24)(H,20,21,22). The summed E-state index contributed by atoms with van der Waals surface area (Å²) < 4.78 is 0. The van der Waals surface area contributed by atoms with Gasteiger partial charge in [0.15, 0.2) is 0 Å². The van der Waals surface area contributed by atoms with Crippen molar-refractivity contribution in [3.8, 4) is 0 Å². The third-order valence-electron chi connectivity index (χ3n) is 5.10. The molecule has 0 aliphatic heterocycles. The second-order valence-corrected chi connectivity index (χ2v) is 6.60. The highest BCUT2D eigenvalue weighted by molar-refractivity contribution is 6.01. The van der Waals surface area contributed by atoms with Gasteiger partial charge in [-0.15, -0.1) is 0 Å². The van der Waals surface area contributed by atoms with Gasteiger partial charge in [-0.3, -0.25) is 9.59 Å². The zero-order chi connectivity index (χ0) is 17.9. The van der Waals surface area contributed by atoms with Gasteiger partial charge in [0, 0.05) is 18.7 Å². The SMILES string of the molecule is CCN(CC)C(=O)C1(NC(=O)c2ccc3n[nH]nc3c2)CCCCC1. The van der Waals surface area contributed by atoms with E-state index < -0.39 is 5.54 Å². The third-order valence-corrected chi connectivity index (χ3v) is 5.10. The number of fused-ring (bicyclic) bond motifs is 1. The molecule has 2 amide bonds. The summed E-state index contributed by atoms with van der Waals surface area (Å²) in [5.74, 6) is -0.194. The fourth-order valence-corrected chi connectivity index (χ4v) is 3.63. The number of amides is 2. The lowest BCUT2D eigenvalue weighted by molar-refractivity contribution is -0.139. The van der Waals surface area contributed by atoms with Crippen molar-refractivity contribution >= 4 is 22.8 Å². The Kier molecular flexibility index (Phi) is 5.01. The first-order valence-corrected chi connectivity index (χ1v) is 9.02. The van der Waals surface area contributed by atoms with Gasteiger partial charge >= 0.3 is 0 Å². The number of benzene rings is 1. The Labute approximate surface area is 147 Å². The lowest BCUT2D eigenvalue weighted by Crippen LogP contribution is -2.60. The minimum absolute atomic E-state index is 0.0352. The van der Waals surface area contributed by atoms with E-state index in [1.54, 1.807) is 18.2 Å². The van der Waals surface area contributed by atoms with Crippen LogP contribution in [-0.2, 0) is 4.79 Å². The van der Waals surface area contributed by atoms with E-state index in [-0.39, 0.29) is 11.8 Å². The van der Waals surface area contributed by atoms with Crippen molar-refractivity contribution < 1.29 is 9.59 Å². The molecule has 2 N–H and O–H groups in total. The molecule has 1 fully saturated rings. The van der Waals surface area contributed by atoms with E-state index >= 15 is 0 Å². The van der Waals surface area contributed by atoms with E-state index in [1.165, 1.54) is 0 Å². The van der Waals surface area contributed by atoms with Crippen LogP contribution < -0.4 is 5.32 Å². The largest absolute Gasteiger partial charge is 0.341 e. The molecular weight excluding hydrogens is 318 g/mol. The molecule has 1 aromatic heterocycles. The minimum atomic E-state index is -0.792. The van der Waals surface area contributed by atoms with Crippen molar-refractivity contribution in [1.29, 1.82) is 0 Å². The molecule has 1 aliphatic rings. The lowest BCUT2D eigenvalue weighted by atomic mass is 9.80. The van der Waals surface area contributed by atoms with E-state index in [9.17, 15) is 9.59 Å². The smallest absolute Gasteiger partial charge is 0.252 e. The van der Waals surface area contributed by atoms with Crippen molar-refractivity contribution in [3.05, 3.63) is 23.8 Å². The highest BCUT2D eigenvalue weighted by Gasteiger charge is 2.42. The molecule has 134 valence electrons. The van der Waals surface area contributed by atoms with Crippen molar-refractivity contribution in [1.82, 2.24) is 25.6 Å². The number of hydrogen-bond acceptors (Lipinski definition) is 4. The molecule has 1 aliphatic carbocycles. The maximum atomic E-state index is 13.1. The van der Waals surface area contributed by atoms with Crippen LogP contribution in [0.3, 0.4) is 0 Å². The highest BCUT2D eigenvalue weighted by Crippen LogP contribution is 2.30. The van der Waals surface area contributed by atoms with Crippen LogP contribution in [0.4, 0.5) is 0 Å². The fraction of sp³-hybridized carbons (Fsp3) is 0.556. The number of aromatic amines is 1. The van der Waals surface area contributed by atoms with E-state index in [0.717, 1.165) is 19.3 Å². The summed E-state index contributed by atoms with van der Waals surface area (Å²) in [6.07, 6.45) is 4.40. The van der Waals surface area contributed by atoms with Crippen LogP contribution in [0.2, 0.25) is 0 Å². The molecule has 0 spiro atoms. The van der Waals surface area contributed by atoms with Crippen LogP contribution in [0, 0.1) is 0 Å². The molecule has 0 atom stereocenters. The average molecular weight is 343 g/mol. The number of carbonyl (C=O) groups excluding carboxylic acids is 2. The molecule has 2 aromatic rings. The topological polar surface area (TPSA) is 91.0 Å². The van der Waals surface area contributed by atoms with Crippen LogP contribution >= 0.6 is 0 Å². The number of hydrogen-bond donors (Lipinski definition) is 2. The molecule has 1 aromatic carbocycles. The Morgan fingerprint density at radius 1 is 1.12 bits per heavy atom. The number of aromatic nitrogens is 3. The number of likely N-dealkylation sites (N-methyl/N-ethyl adjacent to an activating group) is 1. The maximum Gasteiger partial charge on any atom is 0.252 e. The number of rotatable bonds is 5. The van der Waals surface area contributed by atoms with E-state index in [2.05, 4.69) is 20.7 Å². The molecule has 0 unspecified atom stereocenters. The number of nitrogens with zero attached hydrogens (tertiary/aromatic N) is 3. The summed E-state index contributed by atoms with van der Waals surface area (Å²) in [7, 11) is 0. The third kappa shape index (κ3) is 3.36. The van der Waals surface area contributed by atoms with Gasteiger partial charge in [-0.2, -0.15) is 15.4 Å². The van der Waals surface area contributed by atoms with E-state index in [1.807, 2.05) is 18.7 Å². The van der Waals surface area contributed by atoms with Gasteiger partial charge in [0.25, 0.3) is 5.91 Å². The average Bonchev–Trinajstić information content (AvgIpc) is 3.11. The fourth-order valence-electron chi connectivity index (χ4n) is 3.63. The van der Waals surface area contributed by atoms with Gasteiger partial charge in [0.1, 0.15) is 16.6 Å². The molecule has 7 nitrogen and oxygen atoms in total. The number of nitrogens with one attached hydrogen (secondary N) is 2. The van der Waals surface area contributed by atoms with Gasteiger partial charge in [0.05, 0.1) is 0 Å². The van der Waals surface area contributed by atoms with Crippen molar-refractivity contribution in [3.63, 3.8) is 0 Å². The van der Waals surface area contributed by atoms with Crippen LogP contribution in [0.15, 0.2) is 18.2 Å².